The van der Waals surface area contributed by atoms with Gasteiger partial charge in [-0.1, -0.05) is 186 Å². The number of carbonyl (C=O) groups is 2. The lowest BCUT2D eigenvalue weighted by Gasteiger charge is -2.15. The molecule has 0 saturated heterocycles. The fraction of sp³-hybridized carbons (Fsp3) is 0.860. The van der Waals surface area contributed by atoms with Gasteiger partial charge in [-0.3, -0.25) is 9.59 Å². The molecule has 0 aromatic carbocycles. The first kappa shape index (κ1) is 46.4. The van der Waals surface area contributed by atoms with Gasteiger partial charge in [0.05, 0.1) is 6.61 Å². The van der Waals surface area contributed by atoms with E-state index in [-0.39, 0.29) is 25.2 Å². The lowest BCUT2D eigenvalue weighted by atomic mass is 10.0. The number of aliphatic hydroxyl groups is 1. The average Bonchev–Trinajstić information content (AvgIpc) is 3.09. The van der Waals surface area contributed by atoms with Gasteiger partial charge in [0.1, 0.15) is 6.61 Å². The number of aliphatic hydroxyl groups excluding tert-OH is 1. The molecule has 0 aliphatic heterocycles. The molecule has 1 unspecified atom stereocenters. The molecule has 0 heterocycles. The molecule has 0 fully saturated rings. The Bertz CT molecular complexity index is 731. The van der Waals surface area contributed by atoms with Gasteiger partial charge in [0.15, 0.2) is 6.10 Å². The predicted molar refractivity (Wildman–Crippen MR) is 205 cm³/mol. The van der Waals surface area contributed by atoms with E-state index in [2.05, 4.69) is 38.2 Å². The Morgan fingerprint density at radius 1 is 0.479 bits per heavy atom. The van der Waals surface area contributed by atoms with Crippen LogP contribution in [-0.4, -0.2) is 36.4 Å². The number of rotatable bonds is 38. The fourth-order valence-electron chi connectivity index (χ4n) is 6.06. The molecular weight excluding hydrogens is 596 g/mol. The third-order valence-electron chi connectivity index (χ3n) is 9.25. The summed E-state index contributed by atoms with van der Waals surface area (Å²) in [5, 5.41) is 9.56. The molecule has 0 aromatic heterocycles. The van der Waals surface area contributed by atoms with Gasteiger partial charge in [-0.2, -0.15) is 0 Å². The number of hydrogen-bond acceptors (Lipinski definition) is 5. The predicted octanol–water partition coefficient (Wildman–Crippen LogP) is 13.1. The Morgan fingerprint density at radius 2 is 0.833 bits per heavy atom. The van der Waals surface area contributed by atoms with Crippen molar-refractivity contribution in [1.29, 1.82) is 0 Å². The maximum Gasteiger partial charge on any atom is 0.306 e. The molecule has 0 aliphatic rings. The van der Waals surface area contributed by atoms with Crippen molar-refractivity contribution < 1.29 is 24.2 Å². The first-order valence-corrected chi connectivity index (χ1v) is 20.9. The second kappa shape index (κ2) is 39.8. The molecule has 0 spiro atoms. The molecule has 48 heavy (non-hydrogen) atoms. The second-order valence-electron chi connectivity index (χ2n) is 14.1. The SMILES string of the molecule is CCCCCC=CCC=CCCCCCCCC(=O)OC(CO)COC(=O)CCCCCCCCCCCCCCCCCCCCC. The Hall–Kier alpha value is -1.62. The molecule has 0 aliphatic carbocycles. The Morgan fingerprint density at radius 3 is 1.27 bits per heavy atom. The molecule has 1 atom stereocenters. The fourth-order valence-corrected chi connectivity index (χ4v) is 6.06. The minimum absolute atomic E-state index is 0.0671. The molecule has 0 amide bonds. The van der Waals surface area contributed by atoms with Gasteiger partial charge in [-0.25, -0.2) is 0 Å². The highest BCUT2D eigenvalue weighted by molar-refractivity contribution is 5.70. The third kappa shape index (κ3) is 37.2. The zero-order valence-corrected chi connectivity index (χ0v) is 32.0. The largest absolute Gasteiger partial charge is 0.462 e. The van der Waals surface area contributed by atoms with Gasteiger partial charge in [-0.15, -0.1) is 0 Å². The van der Waals surface area contributed by atoms with E-state index in [1.165, 1.54) is 141 Å². The third-order valence-corrected chi connectivity index (χ3v) is 9.25. The lowest BCUT2D eigenvalue weighted by molar-refractivity contribution is -0.161. The van der Waals surface area contributed by atoms with Crippen LogP contribution in [0.4, 0.5) is 0 Å². The molecule has 0 saturated carbocycles. The number of unbranched alkanes of at least 4 members (excludes halogenated alkanes) is 26. The van der Waals surface area contributed by atoms with Crippen molar-refractivity contribution in [3.8, 4) is 0 Å². The highest BCUT2D eigenvalue weighted by Gasteiger charge is 2.16. The van der Waals surface area contributed by atoms with Crippen LogP contribution in [0, 0.1) is 0 Å². The van der Waals surface area contributed by atoms with Crippen molar-refractivity contribution >= 4 is 11.9 Å². The maximum atomic E-state index is 12.2. The molecule has 0 bridgehead atoms. The van der Waals surface area contributed by atoms with Gasteiger partial charge in [0.2, 0.25) is 0 Å². The molecule has 0 aromatic rings. The van der Waals surface area contributed by atoms with Gasteiger partial charge in [0.25, 0.3) is 0 Å². The molecule has 0 rings (SSSR count). The summed E-state index contributed by atoms with van der Waals surface area (Å²) in [4.78, 5) is 24.3. The quantitative estimate of drug-likeness (QED) is 0.0400. The minimum atomic E-state index is -0.774. The lowest BCUT2D eigenvalue weighted by Crippen LogP contribution is -2.28. The van der Waals surface area contributed by atoms with E-state index < -0.39 is 6.10 Å². The maximum absolute atomic E-state index is 12.2. The summed E-state index contributed by atoms with van der Waals surface area (Å²) in [6.07, 6.45) is 46.7. The van der Waals surface area contributed by atoms with E-state index in [0.717, 1.165) is 51.4 Å². The molecule has 0 radical (unpaired) electrons. The highest BCUT2D eigenvalue weighted by Crippen LogP contribution is 2.15. The van der Waals surface area contributed by atoms with Crippen molar-refractivity contribution in [2.75, 3.05) is 13.2 Å². The Balaban J connectivity index is 3.52. The molecule has 5 heteroatoms. The molecule has 5 nitrogen and oxygen atoms in total. The molecule has 282 valence electrons. The van der Waals surface area contributed by atoms with Crippen molar-refractivity contribution in [2.24, 2.45) is 0 Å². The van der Waals surface area contributed by atoms with Crippen LogP contribution in [0.25, 0.3) is 0 Å². The smallest absolute Gasteiger partial charge is 0.306 e. The van der Waals surface area contributed by atoms with Gasteiger partial charge in [0, 0.05) is 12.8 Å². The standard InChI is InChI=1S/C43H80O5/c1-3-5-7-9-11-13-15-17-19-20-21-22-24-25-27-29-31-33-35-37-42(45)47-40-41(39-44)48-43(46)38-36-34-32-30-28-26-23-18-16-14-12-10-8-6-4-2/h12,14,18,23,41,44H,3-11,13,15-17,19-22,24-40H2,1-2H3. The first-order valence-electron chi connectivity index (χ1n) is 20.9. The van der Waals surface area contributed by atoms with Crippen molar-refractivity contribution in [3.63, 3.8) is 0 Å². The van der Waals surface area contributed by atoms with Crippen LogP contribution in [0.5, 0.6) is 0 Å². The summed E-state index contributed by atoms with van der Waals surface area (Å²) < 4.78 is 10.6. The van der Waals surface area contributed by atoms with Crippen LogP contribution in [-0.2, 0) is 19.1 Å². The van der Waals surface area contributed by atoms with Crippen LogP contribution >= 0.6 is 0 Å². The number of esters is 2. The zero-order chi connectivity index (χ0) is 35.0. The summed E-state index contributed by atoms with van der Waals surface area (Å²) in [6, 6.07) is 0. The summed E-state index contributed by atoms with van der Waals surface area (Å²) >= 11 is 0. The molecular formula is C43H80O5. The first-order chi connectivity index (χ1) is 23.6. The van der Waals surface area contributed by atoms with E-state index in [1.54, 1.807) is 0 Å². The van der Waals surface area contributed by atoms with Gasteiger partial charge in [-0.05, 0) is 44.9 Å². The number of carbonyl (C=O) groups excluding carboxylic acids is 2. The van der Waals surface area contributed by atoms with Crippen LogP contribution < -0.4 is 0 Å². The summed E-state index contributed by atoms with van der Waals surface area (Å²) in [6.45, 7) is 4.12. The van der Waals surface area contributed by atoms with Crippen LogP contribution in [0.15, 0.2) is 24.3 Å². The van der Waals surface area contributed by atoms with Crippen LogP contribution in [0.1, 0.15) is 219 Å². The van der Waals surface area contributed by atoms with E-state index in [4.69, 9.17) is 9.47 Å². The number of hydrogen-bond donors (Lipinski definition) is 1. The average molecular weight is 677 g/mol. The van der Waals surface area contributed by atoms with Crippen molar-refractivity contribution in [1.82, 2.24) is 0 Å². The number of allylic oxidation sites excluding steroid dienone is 4. The summed E-state index contributed by atoms with van der Waals surface area (Å²) in [5.74, 6) is -0.597. The van der Waals surface area contributed by atoms with E-state index >= 15 is 0 Å². The van der Waals surface area contributed by atoms with Crippen LogP contribution in [0.2, 0.25) is 0 Å². The highest BCUT2D eigenvalue weighted by atomic mass is 16.6. The Labute approximate surface area is 298 Å². The topological polar surface area (TPSA) is 72.8 Å². The second-order valence-corrected chi connectivity index (χ2v) is 14.1. The summed E-state index contributed by atoms with van der Waals surface area (Å²) in [7, 11) is 0. The zero-order valence-electron chi connectivity index (χ0n) is 32.0. The normalized spacial score (nSPS) is 12.3. The van der Waals surface area contributed by atoms with Crippen molar-refractivity contribution in [2.45, 2.75) is 225 Å². The minimum Gasteiger partial charge on any atom is -0.462 e. The van der Waals surface area contributed by atoms with Crippen molar-refractivity contribution in [3.05, 3.63) is 24.3 Å². The number of ether oxygens (including phenoxy) is 2. The van der Waals surface area contributed by atoms with E-state index in [1.807, 2.05) is 0 Å². The van der Waals surface area contributed by atoms with E-state index in [0.29, 0.717) is 12.8 Å². The monoisotopic (exact) mass is 677 g/mol. The molecule has 1 N–H and O–H groups in total. The summed E-state index contributed by atoms with van der Waals surface area (Å²) in [5.41, 5.74) is 0. The van der Waals surface area contributed by atoms with Gasteiger partial charge < -0.3 is 14.6 Å². The van der Waals surface area contributed by atoms with Crippen LogP contribution in [0.3, 0.4) is 0 Å². The van der Waals surface area contributed by atoms with E-state index in [9.17, 15) is 14.7 Å². The Kier molecular flexibility index (Phi) is 38.5. The van der Waals surface area contributed by atoms with Gasteiger partial charge >= 0.3 is 11.9 Å².